The highest BCUT2D eigenvalue weighted by atomic mass is 16.2. The molecule has 0 aliphatic rings. The summed E-state index contributed by atoms with van der Waals surface area (Å²) in [5.74, 6) is 0.0207. The van der Waals surface area contributed by atoms with E-state index in [1.54, 1.807) is 10.9 Å². The van der Waals surface area contributed by atoms with E-state index in [2.05, 4.69) is 10.4 Å². The summed E-state index contributed by atoms with van der Waals surface area (Å²) in [7, 11) is 1.84. The molecule has 5 heteroatoms. The molecule has 1 amide bonds. The summed E-state index contributed by atoms with van der Waals surface area (Å²) in [5.41, 5.74) is 0.994. The van der Waals surface area contributed by atoms with Crippen LogP contribution in [0.4, 0.5) is 0 Å². The Labute approximate surface area is 89.1 Å². The molecule has 1 rings (SSSR count). The fourth-order valence-corrected chi connectivity index (χ4v) is 1.25. The van der Waals surface area contributed by atoms with E-state index in [4.69, 9.17) is 5.11 Å². The molecule has 0 bridgehead atoms. The van der Waals surface area contributed by atoms with Crippen molar-refractivity contribution in [1.82, 2.24) is 15.1 Å². The average Bonchev–Trinajstić information content (AvgIpc) is 2.62. The third kappa shape index (κ3) is 4.60. The molecule has 0 radical (unpaired) electrons. The van der Waals surface area contributed by atoms with E-state index in [9.17, 15) is 4.79 Å². The summed E-state index contributed by atoms with van der Waals surface area (Å²) in [5, 5.41) is 15.3. The van der Waals surface area contributed by atoms with Crippen LogP contribution in [-0.4, -0.2) is 27.4 Å². The van der Waals surface area contributed by atoms with E-state index < -0.39 is 0 Å². The second-order valence-corrected chi connectivity index (χ2v) is 3.48. The molecule has 84 valence electrons. The van der Waals surface area contributed by atoms with Crippen LogP contribution < -0.4 is 5.32 Å². The molecule has 0 unspecified atom stereocenters. The quantitative estimate of drug-likeness (QED) is 0.660. The number of nitrogens with zero attached hydrogens (tertiary/aromatic N) is 2. The smallest absolute Gasteiger partial charge is 0.220 e. The van der Waals surface area contributed by atoms with E-state index in [0.29, 0.717) is 19.4 Å². The molecule has 1 aromatic rings. The monoisotopic (exact) mass is 211 g/mol. The maximum Gasteiger partial charge on any atom is 0.220 e. The molecule has 2 N–H and O–H groups in total. The summed E-state index contributed by atoms with van der Waals surface area (Å²) < 4.78 is 1.70. The molecule has 0 saturated carbocycles. The van der Waals surface area contributed by atoms with Gasteiger partial charge in [-0.2, -0.15) is 5.10 Å². The van der Waals surface area contributed by atoms with Crippen molar-refractivity contribution < 1.29 is 9.90 Å². The molecule has 0 spiro atoms. The van der Waals surface area contributed by atoms with Gasteiger partial charge in [-0.3, -0.25) is 9.48 Å². The zero-order valence-corrected chi connectivity index (χ0v) is 8.94. The van der Waals surface area contributed by atoms with Crippen molar-refractivity contribution in [3.63, 3.8) is 0 Å². The average molecular weight is 211 g/mol. The van der Waals surface area contributed by atoms with Crippen molar-refractivity contribution in [1.29, 1.82) is 0 Å². The van der Waals surface area contributed by atoms with E-state index in [0.717, 1.165) is 12.0 Å². The van der Waals surface area contributed by atoms with Crippen LogP contribution in [0.5, 0.6) is 0 Å². The Morgan fingerprint density at radius 1 is 1.60 bits per heavy atom. The number of carbonyl (C=O) groups excluding carboxylic acids is 1. The Morgan fingerprint density at radius 3 is 3.00 bits per heavy atom. The van der Waals surface area contributed by atoms with Gasteiger partial charge in [0.2, 0.25) is 5.91 Å². The molecular weight excluding hydrogens is 194 g/mol. The van der Waals surface area contributed by atoms with Crippen LogP contribution in [0.25, 0.3) is 0 Å². The molecule has 0 aliphatic heterocycles. The number of amides is 1. The maximum atomic E-state index is 11.3. The van der Waals surface area contributed by atoms with E-state index >= 15 is 0 Å². The number of unbranched alkanes of at least 4 members (excludes halogenated alkanes) is 1. The predicted molar refractivity (Wildman–Crippen MR) is 56.0 cm³/mol. The van der Waals surface area contributed by atoms with Gasteiger partial charge in [-0.15, -0.1) is 0 Å². The summed E-state index contributed by atoms with van der Waals surface area (Å²) in [6.07, 6.45) is 5.48. The zero-order valence-electron chi connectivity index (χ0n) is 8.94. The van der Waals surface area contributed by atoms with Gasteiger partial charge in [0.25, 0.3) is 0 Å². The van der Waals surface area contributed by atoms with Crippen molar-refractivity contribution in [3.8, 4) is 0 Å². The molecule has 1 aromatic heterocycles. The topological polar surface area (TPSA) is 67.2 Å². The summed E-state index contributed by atoms with van der Waals surface area (Å²) in [6, 6.07) is 0. The van der Waals surface area contributed by atoms with Gasteiger partial charge in [-0.25, -0.2) is 0 Å². The number of aryl methyl sites for hydroxylation is 1. The van der Waals surface area contributed by atoms with E-state index in [1.165, 1.54) is 0 Å². The molecule has 0 saturated heterocycles. The highest BCUT2D eigenvalue weighted by Crippen LogP contribution is 1.97. The van der Waals surface area contributed by atoms with Gasteiger partial charge in [0.15, 0.2) is 0 Å². The van der Waals surface area contributed by atoms with Crippen LogP contribution in [0.15, 0.2) is 12.4 Å². The van der Waals surface area contributed by atoms with Crippen molar-refractivity contribution in [2.24, 2.45) is 7.05 Å². The van der Waals surface area contributed by atoms with E-state index in [1.807, 2.05) is 13.2 Å². The molecule has 0 fully saturated rings. The number of rotatable bonds is 6. The van der Waals surface area contributed by atoms with Gasteiger partial charge in [-0.05, 0) is 12.8 Å². The van der Waals surface area contributed by atoms with Crippen LogP contribution >= 0.6 is 0 Å². The number of aromatic nitrogens is 2. The molecule has 1 heterocycles. The van der Waals surface area contributed by atoms with Gasteiger partial charge in [0.1, 0.15) is 0 Å². The standard InChI is InChI=1S/C10H17N3O2/c1-13-8-9(7-12-13)6-11-10(15)4-2-3-5-14/h7-8,14H,2-6H2,1H3,(H,11,15). The molecular formula is C10H17N3O2. The van der Waals surface area contributed by atoms with Gasteiger partial charge in [0.05, 0.1) is 6.20 Å². The second kappa shape index (κ2) is 6.19. The molecule has 15 heavy (non-hydrogen) atoms. The van der Waals surface area contributed by atoms with Crippen LogP contribution in [0, 0.1) is 0 Å². The first-order valence-electron chi connectivity index (χ1n) is 5.07. The van der Waals surface area contributed by atoms with Crippen molar-refractivity contribution >= 4 is 5.91 Å². The highest BCUT2D eigenvalue weighted by Gasteiger charge is 2.01. The number of hydrogen-bond donors (Lipinski definition) is 2. The van der Waals surface area contributed by atoms with Gasteiger partial charge < -0.3 is 10.4 Å². The first kappa shape index (κ1) is 11.7. The van der Waals surface area contributed by atoms with Gasteiger partial charge in [0, 0.05) is 38.4 Å². The largest absolute Gasteiger partial charge is 0.396 e. The number of carbonyl (C=O) groups is 1. The number of aliphatic hydroxyl groups excluding tert-OH is 1. The lowest BCUT2D eigenvalue weighted by Crippen LogP contribution is -2.22. The Kier molecular flexibility index (Phi) is 4.83. The zero-order chi connectivity index (χ0) is 11.1. The summed E-state index contributed by atoms with van der Waals surface area (Å²) in [6.45, 7) is 0.668. The fraction of sp³-hybridized carbons (Fsp3) is 0.600. The first-order chi connectivity index (χ1) is 7.22. The third-order valence-electron chi connectivity index (χ3n) is 2.06. The SMILES string of the molecule is Cn1cc(CNC(=O)CCCCO)cn1. The Hall–Kier alpha value is -1.36. The van der Waals surface area contributed by atoms with E-state index in [-0.39, 0.29) is 12.5 Å². The third-order valence-corrected chi connectivity index (χ3v) is 2.06. The van der Waals surface area contributed by atoms with Gasteiger partial charge in [-0.1, -0.05) is 0 Å². The summed E-state index contributed by atoms with van der Waals surface area (Å²) in [4.78, 5) is 11.3. The minimum absolute atomic E-state index is 0.0207. The molecule has 0 atom stereocenters. The van der Waals surface area contributed by atoms with Crippen molar-refractivity contribution in [3.05, 3.63) is 18.0 Å². The van der Waals surface area contributed by atoms with Crippen molar-refractivity contribution in [2.45, 2.75) is 25.8 Å². The molecule has 0 aromatic carbocycles. The minimum Gasteiger partial charge on any atom is -0.396 e. The van der Waals surface area contributed by atoms with Crippen LogP contribution in [0.1, 0.15) is 24.8 Å². The Bertz CT molecular complexity index is 309. The minimum atomic E-state index is 0.0207. The van der Waals surface area contributed by atoms with Gasteiger partial charge >= 0.3 is 0 Å². The number of aliphatic hydroxyl groups is 1. The van der Waals surface area contributed by atoms with Crippen LogP contribution in [0.3, 0.4) is 0 Å². The number of hydrogen-bond acceptors (Lipinski definition) is 3. The number of nitrogens with one attached hydrogen (secondary N) is 1. The first-order valence-corrected chi connectivity index (χ1v) is 5.07. The lowest BCUT2D eigenvalue weighted by molar-refractivity contribution is -0.121. The fourth-order valence-electron chi connectivity index (χ4n) is 1.25. The van der Waals surface area contributed by atoms with Crippen molar-refractivity contribution in [2.75, 3.05) is 6.61 Å². The normalized spacial score (nSPS) is 10.3. The lowest BCUT2D eigenvalue weighted by atomic mass is 10.2. The molecule has 0 aliphatic carbocycles. The second-order valence-electron chi connectivity index (χ2n) is 3.48. The summed E-state index contributed by atoms with van der Waals surface area (Å²) >= 11 is 0. The highest BCUT2D eigenvalue weighted by molar-refractivity contribution is 5.75. The molecule has 5 nitrogen and oxygen atoms in total. The van der Waals surface area contributed by atoms with Crippen LogP contribution in [-0.2, 0) is 18.4 Å². The maximum absolute atomic E-state index is 11.3. The Balaban J connectivity index is 2.16. The lowest BCUT2D eigenvalue weighted by Gasteiger charge is -2.02. The van der Waals surface area contributed by atoms with Crippen LogP contribution in [0.2, 0.25) is 0 Å². The Morgan fingerprint density at radius 2 is 2.40 bits per heavy atom. The predicted octanol–water partition coefficient (Wildman–Crippen LogP) is 0.199.